The first kappa shape index (κ1) is 12.1. The molecule has 2 aromatic rings. The van der Waals surface area contributed by atoms with E-state index in [1.165, 1.54) is 16.0 Å². The number of rotatable bonds is 4. The van der Waals surface area contributed by atoms with Crippen molar-refractivity contribution in [2.75, 3.05) is 14.2 Å². The van der Waals surface area contributed by atoms with Gasteiger partial charge in [0.15, 0.2) is 0 Å². The minimum atomic E-state index is 0.233. The van der Waals surface area contributed by atoms with E-state index in [2.05, 4.69) is 35.8 Å². The van der Waals surface area contributed by atoms with Crippen LogP contribution in [0.1, 0.15) is 22.0 Å². The zero-order chi connectivity index (χ0) is 12.3. The lowest BCUT2D eigenvalue weighted by Gasteiger charge is -2.17. The third-order valence-electron chi connectivity index (χ3n) is 2.93. The Hall–Kier alpha value is -1.32. The zero-order valence-electron chi connectivity index (χ0n) is 10.4. The highest BCUT2D eigenvalue weighted by Crippen LogP contribution is 2.29. The Bertz CT molecular complexity index is 492. The molecule has 1 aromatic heterocycles. The first-order valence-electron chi connectivity index (χ1n) is 5.61. The monoisotopic (exact) mass is 247 g/mol. The van der Waals surface area contributed by atoms with E-state index in [0.717, 1.165) is 5.75 Å². The number of methoxy groups -OCH3 is 1. The molecule has 3 heteroatoms. The van der Waals surface area contributed by atoms with Crippen LogP contribution >= 0.6 is 11.3 Å². The summed E-state index contributed by atoms with van der Waals surface area (Å²) in [5, 5.41) is 5.50. The normalized spacial score (nSPS) is 12.4. The van der Waals surface area contributed by atoms with Crippen molar-refractivity contribution in [2.24, 2.45) is 0 Å². The average molecular weight is 247 g/mol. The SMILES string of the molecule is CNC(c1cccc(OC)c1)c1ccsc1C. The highest BCUT2D eigenvalue weighted by atomic mass is 32.1. The zero-order valence-corrected chi connectivity index (χ0v) is 11.2. The van der Waals surface area contributed by atoms with Crippen LogP contribution in [0.5, 0.6) is 5.75 Å². The summed E-state index contributed by atoms with van der Waals surface area (Å²) in [5.41, 5.74) is 2.57. The summed E-state index contributed by atoms with van der Waals surface area (Å²) in [6.45, 7) is 2.16. The third kappa shape index (κ3) is 2.51. The number of hydrogen-bond donors (Lipinski definition) is 1. The molecule has 0 saturated heterocycles. The first-order chi connectivity index (χ1) is 8.26. The van der Waals surface area contributed by atoms with Gasteiger partial charge in [0.25, 0.3) is 0 Å². The van der Waals surface area contributed by atoms with Gasteiger partial charge in [0.1, 0.15) is 5.75 Å². The molecule has 0 bridgehead atoms. The van der Waals surface area contributed by atoms with Crippen LogP contribution in [0.25, 0.3) is 0 Å². The number of ether oxygens (including phenoxy) is 1. The van der Waals surface area contributed by atoms with E-state index in [0.29, 0.717) is 0 Å². The van der Waals surface area contributed by atoms with E-state index < -0.39 is 0 Å². The van der Waals surface area contributed by atoms with Crippen molar-refractivity contribution in [2.45, 2.75) is 13.0 Å². The smallest absolute Gasteiger partial charge is 0.119 e. The van der Waals surface area contributed by atoms with Gasteiger partial charge in [-0.05, 0) is 48.7 Å². The summed E-state index contributed by atoms with van der Waals surface area (Å²) in [6, 6.07) is 10.6. The molecule has 1 heterocycles. The summed E-state index contributed by atoms with van der Waals surface area (Å²) < 4.78 is 5.27. The van der Waals surface area contributed by atoms with E-state index >= 15 is 0 Å². The molecule has 2 nitrogen and oxygen atoms in total. The van der Waals surface area contributed by atoms with Crippen LogP contribution in [0.15, 0.2) is 35.7 Å². The Morgan fingerprint density at radius 1 is 1.29 bits per heavy atom. The molecule has 1 unspecified atom stereocenters. The molecule has 1 aromatic carbocycles. The fourth-order valence-electron chi connectivity index (χ4n) is 2.02. The second kappa shape index (κ2) is 5.34. The topological polar surface area (TPSA) is 21.3 Å². The Kier molecular flexibility index (Phi) is 3.82. The Morgan fingerprint density at radius 3 is 2.71 bits per heavy atom. The lowest BCUT2D eigenvalue weighted by atomic mass is 9.99. The number of nitrogens with one attached hydrogen (secondary N) is 1. The van der Waals surface area contributed by atoms with Crippen LogP contribution in [-0.4, -0.2) is 14.2 Å². The first-order valence-corrected chi connectivity index (χ1v) is 6.49. The summed E-state index contributed by atoms with van der Waals surface area (Å²) in [6.07, 6.45) is 0. The molecular weight excluding hydrogens is 230 g/mol. The van der Waals surface area contributed by atoms with Gasteiger partial charge in [-0.25, -0.2) is 0 Å². The number of hydrogen-bond acceptors (Lipinski definition) is 3. The molecule has 0 aliphatic carbocycles. The molecule has 0 aliphatic rings. The highest BCUT2D eigenvalue weighted by Gasteiger charge is 2.15. The summed E-state index contributed by atoms with van der Waals surface area (Å²) >= 11 is 1.78. The molecule has 0 radical (unpaired) electrons. The van der Waals surface area contributed by atoms with Crippen LogP contribution in [0, 0.1) is 6.92 Å². The molecule has 0 aliphatic heterocycles. The van der Waals surface area contributed by atoms with Crippen molar-refractivity contribution in [1.29, 1.82) is 0 Å². The molecular formula is C14H17NOS. The molecule has 0 saturated carbocycles. The predicted octanol–water partition coefficient (Wildman–Crippen LogP) is 3.37. The van der Waals surface area contributed by atoms with Gasteiger partial charge < -0.3 is 10.1 Å². The molecule has 2 rings (SSSR count). The van der Waals surface area contributed by atoms with Crippen molar-refractivity contribution in [3.63, 3.8) is 0 Å². The van der Waals surface area contributed by atoms with Gasteiger partial charge in [0.2, 0.25) is 0 Å². The number of aryl methyl sites for hydroxylation is 1. The van der Waals surface area contributed by atoms with E-state index in [1.54, 1.807) is 18.4 Å². The molecule has 17 heavy (non-hydrogen) atoms. The molecule has 1 atom stereocenters. The molecule has 0 spiro atoms. The summed E-state index contributed by atoms with van der Waals surface area (Å²) in [4.78, 5) is 1.35. The maximum Gasteiger partial charge on any atom is 0.119 e. The van der Waals surface area contributed by atoms with Gasteiger partial charge in [-0.1, -0.05) is 12.1 Å². The van der Waals surface area contributed by atoms with E-state index in [9.17, 15) is 0 Å². The fraction of sp³-hybridized carbons (Fsp3) is 0.286. The maximum atomic E-state index is 5.27. The van der Waals surface area contributed by atoms with Crippen molar-refractivity contribution in [1.82, 2.24) is 5.32 Å². The summed E-state index contributed by atoms with van der Waals surface area (Å²) in [7, 11) is 3.69. The van der Waals surface area contributed by atoms with Gasteiger partial charge >= 0.3 is 0 Å². The second-order valence-corrected chi connectivity index (χ2v) is 5.05. The Morgan fingerprint density at radius 2 is 2.12 bits per heavy atom. The van der Waals surface area contributed by atoms with Gasteiger partial charge in [-0.15, -0.1) is 11.3 Å². The third-order valence-corrected chi connectivity index (χ3v) is 3.79. The van der Waals surface area contributed by atoms with Crippen molar-refractivity contribution >= 4 is 11.3 Å². The lowest BCUT2D eigenvalue weighted by molar-refractivity contribution is 0.414. The van der Waals surface area contributed by atoms with Crippen molar-refractivity contribution in [3.8, 4) is 5.75 Å². The predicted molar refractivity (Wildman–Crippen MR) is 73.0 cm³/mol. The average Bonchev–Trinajstić information content (AvgIpc) is 2.77. The number of benzene rings is 1. The van der Waals surface area contributed by atoms with E-state index in [1.807, 2.05) is 19.2 Å². The van der Waals surface area contributed by atoms with Crippen LogP contribution < -0.4 is 10.1 Å². The largest absolute Gasteiger partial charge is 0.497 e. The van der Waals surface area contributed by atoms with Crippen molar-refractivity contribution < 1.29 is 4.74 Å². The van der Waals surface area contributed by atoms with Crippen LogP contribution in [-0.2, 0) is 0 Å². The lowest BCUT2D eigenvalue weighted by Crippen LogP contribution is -2.17. The molecule has 1 N–H and O–H groups in total. The second-order valence-electron chi connectivity index (χ2n) is 3.93. The maximum absolute atomic E-state index is 5.27. The fourth-order valence-corrected chi connectivity index (χ4v) is 2.76. The van der Waals surface area contributed by atoms with Crippen LogP contribution in [0.3, 0.4) is 0 Å². The van der Waals surface area contributed by atoms with E-state index in [4.69, 9.17) is 4.74 Å². The minimum absolute atomic E-state index is 0.233. The summed E-state index contributed by atoms with van der Waals surface area (Å²) in [5.74, 6) is 0.899. The molecule has 0 fully saturated rings. The Labute approximate surface area is 106 Å². The van der Waals surface area contributed by atoms with Crippen LogP contribution in [0.4, 0.5) is 0 Å². The van der Waals surface area contributed by atoms with Crippen LogP contribution in [0.2, 0.25) is 0 Å². The molecule has 90 valence electrons. The minimum Gasteiger partial charge on any atom is -0.497 e. The van der Waals surface area contributed by atoms with E-state index in [-0.39, 0.29) is 6.04 Å². The number of thiophene rings is 1. The quantitative estimate of drug-likeness (QED) is 0.894. The van der Waals surface area contributed by atoms with Gasteiger partial charge in [-0.3, -0.25) is 0 Å². The van der Waals surface area contributed by atoms with Gasteiger partial charge in [0, 0.05) is 4.88 Å². The Balaban J connectivity index is 2.38. The van der Waals surface area contributed by atoms with Gasteiger partial charge in [-0.2, -0.15) is 0 Å². The van der Waals surface area contributed by atoms with Crippen molar-refractivity contribution in [3.05, 3.63) is 51.7 Å². The standard InChI is InChI=1S/C14H17NOS/c1-10-13(7-8-17-10)14(15-2)11-5-4-6-12(9-11)16-3/h4-9,14-15H,1-3H3. The highest BCUT2D eigenvalue weighted by molar-refractivity contribution is 7.10. The molecule has 0 amide bonds. The van der Waals surface area contributed by atoms with Gasteiger partial charge in [0.05, 0.1) is 13.2 Å².